The third-order valence-electron chi connectivity index (χ3n) is 3.77. The summed E-state index contributed by atoms with van der Waals surface area (Å²) in [5.74, 6) is 1.41. The minimum atomic E-state index is -0.0221. The second-order valence-corrected chi connectivity index (χ2v) is 6.49. The molecule has 24 heavy (non-hydrogen) atoms. The molecule has 0 bridgehead atoms. The molecule has 1 heterocycles. The molecule has 0 saturated carbocycles. The van der Waals surface area contributed by atoms with E-state index in [1.807, 2.05) is 31.2 Å². The number of carbonyl (C=O) groups excluding carboxylic acids is 1. The van der Waals surface area contributed by atoms with Gasteiger partial charge in [0.15, 0.2) is 0 Å². The van der Waals surface area contributed by atoms with Gasteiger partial charge in [-0.05, 0) is 30.5 Å². The Morgan fingerprint density at radius 1 is 1.33 bits per heavy atom. The van der Waals surface area contributed by atoms with Crippen molar-refractivity contribution < 1.29 is 14.3 Å². The average molecular weight is 357 g/mol. The molecule has 0 spiro atoms. The largest absolute Gasteiger partial charge is 0.493 e. The number of benzene rings is 1. The lowest BCUT2D eigenvalue weighted by Crippen LogP contribution is -2.44. The molecule has 2 atom stereocenters. The van der Waals surface area contributed by atoms with Crippen molar-refractivity contribution in [2.45, 2.75) is 39.3 Å². The van der Waals surface area contributed by atoms with Crippen molar-refractivity contribution in [3.8, 4) is 5.75 Å². The van der Waals surface area contributed by atoms with Gasteiger partial charge >= 0.3 is 0 Å². The monoisotopic (exact) mass is 356 g/mol. The predicted octanol–water partition coefficient (Wildman–Crippen LogP) is 2.70. The summed E-state index contributed by atoms with van der Waals surface area (Å²) < 4.78 is 11.0. The number of amides is 1. The molecule has 0 radical (unpaired) electrons. The van der Waals surface area contributed by atoms with Gasteiger partial charge in [-0.3, -0.25) is 4.79 Å². The zero-order valence-electron chi connectivity index (χ0n) is 14.7. The van der Waals surface area contributed by atoms with Crippen molar-refractivity contribution in [1.82, 2.24) is 10.6 Å². The molecule has 1 aliphatic rings. The van der Waals surface area contributed by atoms with Gasteiger partial charge in [0, 0.05) is 19.0 Å². The van der Waals surface area contributed by atoms with Crippen molar-refractivity contribution in [2.75, 3.05) is 26.4 Å². The summed E-state index contributed by atoms with van der Waals surface area (Å²) in [6.45, 7) is 9.08. The van der Waals surface area contributed by atoms with Gasteiger partial charge in [-0.15, -0.1) is 12.4 Å². The highest BCUT2D eigenvalue weighted by Gasteiger charge is 2.18. The number of ether oxygens (including phenoxy) is 2. The topological polar surface area (TPSA) is 59.6 Å². The Kier molecular flexibility index (Phi) is 9.11. The van der Waals surface area contributed by atoms with Crippen molar-refractivity contribution in [3.05, 3.63) is 29.8 Å². The van der Waals surface area contributed by atoms with Crippen LogP contribution < -0.4 is 15.4 Å². The number of nitrogens with one attached hydrogen (secondary N) is 2. The Balaban J connectivity index is 0.00000288. The third kappa shape index (κ3) is 7.07. The van der Waals surface area contributed by atoms with Crippen molar-refractivity contribution in [1.29, 1.82) is 0 Å². The lowest BCUT2D eigenvalue weighted by atomic mass is 10.1. The van der Waals surface area contributed by atoms with Crippen LogP contribution in [-0.4, -0.2) is 38.3 Å². The maximum atomic E-state index is 12.1. The minimum Gasteiger partial charge on any atom is -0.493 e. The first kappa shape index (κ1) is 20.7. The number of carbonyl (C=O) groups is 1. The van der Waals surface area contributed by atoms with E-state index in [-0.39, 0.29) is 30.4 Å². The zero-order chi connectivity index (χ0) is 16.7. The SMILES string of the molecule is CC(C)COc1ccc(C(C)NC(=O)CC2COCCN2)cc1.Cl. The average Bonchev–Trinajstić information content (AvgIpc) is 2.54. The maximum Gasteiger partial charge on any atom is 0.222 e. The van der Waals surface area contributed by atoms with Gasteiger partial charge in [-0.1, -0.05) is 26.0 Å². The van der Waals surface area contributed by atoms with E-state index < -0.39 is 0 Å². The summed E-state index contributed by atoms with van der Waals surface area (Å²) in [5, 5.41) is 6.33. The van der Waals surface area contributed by atoms with Gasteiger partial charge in [0.2, 0.25) is 5.91 Å². The highest BCUT2D eigenvalue weighted by atomic mass is 35.5. The number of halogens is 1. The van der Waals surface area contributed by atoms with E-state index in [0.29, 0.717) is 25.6 Å². The van der Waals surface area contributed by atoms with E-state index >= 15 is 0 Å². The molecule has 0 aromatic heterocycles. The smallest absolute Gasteiger partial charge is 0.222 e. The number of rotatable bonds is 7. The molecule has 1 aromatic rings. The first-order valence-electron chi connectivity index (χ1n) is 8.38. The molecular weight excluding hydrogens is 328 g/mol. The van der Waals surface area contributed by atoms with Gasteiger partial charge in [-0.2, -0.15) is 0 Å². The van der Waals surface area contributed by atoms with Crippen LogP contribution in [0.1, 0.15) is 38.8 Å². The molecule has 6 heteroatoms. The van der Waals surface area contributed by atoms with E-state index in [2.05, 4.69) is 24.5 Å². The van der Waals surface area contributed by atoms with Gasteiger partial charge in [0.1, 0.15) is 5.75 Å². The van der Waals surface area contributed by atoms with Crippen LogP contribution in [0.3, 0.4) is 0 Å². The Hall–Kier alpha value is -1.30. The standard InChI is InChI=1S/C18H28N2O3.ClH/c1-13(2)11-23-17-6-4-15(5-7-17)14(3)20-18(21)10-16-12-22-9-8-19-16;/h4-7,13-14,16,19H,8-12H2,1-3H3,(H,20,21);1H. The second-order valence-electron chi connectivity index (χ2n) is 6.49. The molecule has 2 rings (SSSR count). The van der Waals surface area contributed by atoms with Crippen LogP contribution in [0.25, 0.3) is 0 Å². The molecule has 1 amide bonds. The van der Waals surface area contributed by atoms with Crippen molar-refractivity contribution in [3.63, 3.8) is 0 Å². The molecular formula is C18H29ClN2O3. The first-order chi connectivity index (χ1) is 11.0. The maximum absolute atomic E-state index is 12.1. The van der Waals surface area contributed by atoms with Gasteiger partial charge in [-0.25, -0.2) is 0 Å². The van der Waals surface area contributed by atoms with Gasteiger partial charge in [0.05, 0.1) is 25.9 Å². The van der Waals surface area contributed by atoms with Gasteiger partial charge in [0.25, 0.3) is 0 Å². The molecule has 1 saturated heterocycles. The van der Waals surface area contributed by atoms with Crippen LogP contribution in [0.4, 0.5) is 0 Å². The summed E-state index contributed by atoms with van der Waals surface area (Å²) in [4.78, 5) is 12.1. The summed E-state index contributed by atoms with van der Waals surface area (Å²) in [6, 6.07) is 8.01. The van der Waals surface area contributed by atoms with Crippen LogP contribution in [0.5, 0.6) is 5.75 Å². The molecule has 5 nitrogen and oxygen atoms in total. The fourth-order valence-corrected chi connectivity index (χ4v) is 2.47. The Morgan fingerprint density at radius 2 is 2.04 bits per heavy atom. The molecule has 1 fully saturated rings. The van der Waals surface area contributed by atoms with E-state index in [9.17, 15) is 4.79 Å². The van der Waals surface area contributed by atoms with Crippen LogP contribution >= 0.6 is 12.4 Å². The fraction of sp³-hybridized carbons (Fsp3) is 0.611. The summed E-state index contributed by atoms with van der Waals surface area (Å²) >= 11 is 0. The number of morpholine rings is 1. The molecule has 2 N–H and O–H groups in total. The number of hydrogen-bond acceptors (Lipinski definition) is 4. The Labute approximate surface area is 150 Å². The molecule has 1 aromatic carbocycles. The van der Waals surface area contributed by atoms with Crippen molar-refractivity contribution >= 4 is 18.3 Å². The summed E-state index contributed by atoms with van der Waals surface area (Å²) in [5.41, 5.74) is 1.07. The lowest BCUT2D eigenvalue weighted by molar-refractivity contribution is -0.122. The first-order valence-corrected chi connectivity index (χ1v) is 8.38. The molecule has 2 unspecified atom stereocenters. The van der Waals surface area contributed by atoms with Crippen LogP contribution in [-0.2, 0) is 9.53 Å². The highest BCUT2D eigenvalue weighted by Crippen LogP contribution is 2.18. The van der Waals surface area contributed by atoms with Gasteiger partial charge < -0.3 is 20.1 Å². The third-order valence-corrected chi connectivity index (χ3v) is 3.77. The zero-order valence-corrected chi connectivity index (χ0v) is 15.5. The number of hydrogen-bond donors (Lipinski definition) is 2. The molecule has 136 valence electrons. The predicted molar refractivity (Wildman–Crippen MR) is 97.8 cm³/mol. The molecule has 0 aliphatic carbocycles. The normalized spacial score (nSPS) is 18.6. The summed E-state index contributed by atoms with van der Waals surface area (Å²) in [7, 11) is 0. The fourth-order valence-electron chi connectivity index (χ4n) is 2.47. The van der Waals surface area contributed by atoms with Crippen LogP contribution in [0, 0.1) is 5.92 Å². The van der Waals surface area contributed by atoms with E-state index in [0.717, 1.165) is 24.5 Å². The lowest BCUT2D eigenvalue weighted by Gasteiger charge is -2.24. The Bertz CT molecular complexity index is 488. The highest BCUT2D eigenvalue weighted by molar-refractivity contribution is 5.85. The summed E-state index contributed by atoms with van der Waals surface area (Å²) in [6.07, 6.45) is 0.444. The van der Waals surface area contributed by atoms with Crippen LogP contribution in [0.15, 0.2) is 24.3 Å². The van der Waals surface area contributed by atoms with E-state index in [4.69, 9.17) is 9.47 Å². The minimum absolute atomic E-state index is 0. The van der Waals surface area contributed by atoms with Crippen molar-refractivity contribution in [2.24, 2.45) is 5.92 Å². The van der Waals surface area contributed by atoms with E-state index in [1.165, 1.54) is 0 Å². The Morgan fingerprint density at radius 3 is 2.62 bits per heavy atom. The molecule has 1 aliphatic heterocycles. The van der Waals surface area contributed by atoms with Crippen LogP contribution in [0.2, 0.25) is 0 Å². The second kappa shape index (κ2) is 10.5. The van der Waals surface area contributed by atoms with E-state index in [1.54, 1.807) is 0 Å². The quantitative estimate of drug-likeness (QED) is 0.788.